The first-order valence-corrected chi connectivity index (χ1v) is 9.46. The predicted molar refractivity (Wildman–Crippen MR) is 103 cm³/mol. The molecule has 0 aliphatic heterocycles. The fourth-order valence-corrected chi connectivity index (χ4v) is 3.39. The Morgan fingerprint density at radius 2 is 1.93 bits per heavy atom. The molecule has 1 unspecified atom stereocenters. The molecule has 9 heteroatoms. The molecule has 27 heavy (non-hydrogen) atoms. The topological polar surface area (TPSA) is 110 Å². The third-order valence-corrected chi connectivity index (χ3v) is 4.93. The van der Waals surface area contributed by atoms with E-state index in [1.165, 1.54) is 0 Å². The minimum Gasteiger partial charge on any atom is -0.339 e. The molecule has 3 rings (SSSR count). The normalized spacial score (nSPS) is 12.6. The van der Waals surface area contributed by atoms with Gasteiger partial charge in [0.25, 0.3) is 5.91 Å². The highest BCUT2D eigenvalue weighted by atomic mass is 79.9. The molecule has 2 N–H and O–H groups in total. The second kappa shape index (κ2) is 7.99. The zero-order valence-corrected chi connectivity index (χ0v) is 17.1. The van der Waals surface area contributed by atoms with Gasteiger partial charge in [0.15, 0.2) is 5.69 Å². The van der Waals surface area contributed by atoms with Crippen molar-refractivity contribution in [2.75, 3.05) is 0 Å². The third-order valence-electron chi connectivity index (χ3n) is 4.12. The van der Waals surface area contributed by atoms with Gasteiger partial charge in [0, 0.05) is 18.0 Å². The Balaban J connectivity index is 1.83. The van der Waals surface area contributed by atoms with Crippen molar-refractivity contribution in [2.45, 2.75) is 39.7 Å². The summed E-state index contributed by atoms with van der Waals surface area (Å²) in [7, 11) is 0. The number of nitrogens with one attached hydrogen (secondary N) is 2. The van der Waals surface area contributed by atoms with E-state index in [1.54, 1.807) is 24.5 Å². The quantitative estimate of drug-likeness (QED) is 0.611. The number of amides is 1. The first kappa shape index (κ1) is 19.2. The summed E-state index contributed by atoms with van der Waals surface area (Å²) in [5.41, 5.74) is 1.97. The van der Waals surface area contributed by atoms with E-state index in [9.17, 15) is 4.79 Å². The summed E-state index contributed by atoms with van der Waals surface area (Å²) in [5, 5.41) is 14.0. The molecule has 0 aliphatic carbocycles. The maximum absolute atomic E-state index is 12.7. The molecule has 3 aromatic heterocycles. The van der Waals surface area contributed by atoms with Crippen molar-refractivity contribution < 1.29 is 9.32 Å². The molecule has 0 saturated heterocycles. The van der Waals surface area contributed by atoms with Crippen LogP contribution in [0, 0.1) is 5.92 Å². The predicted octanol–water partition coefficient (Wildman–Crippen LogP) is 3.87. The van der Waals surface area contributed by atoms with Crippen molar-refractivity contribution in [3.8, 4) is 11.4 Å². The van der Waals surface area contributed by atoms with Crippen molar-refractivity contribution in [1.82, 2.24) is 30.6 Å². The molecule has 0 spiro atoms. The average molecular weight is 433 g/mol. The molecule has 0 aromatic carbocycles. The van der Waals surface area contributed by atoms with E-state index in [1.807, 2.05) is 27.7 Å². The molecule has 0 fully saturated rings. The smallest absolute Gasteiger partial charge is 0.273 e. The van der Waals surface area contributed by atoms with Crippen LogP contribution in [0.5, 0.6) is 0 Å². The zero-order valence-electron chi connectivity index (χ0n) is 15.5. The highest BCUT2D eigenvalue weighted by Crippen LogP contribution is 2.27. The minimum absolute atomic E-state index is 0.0435. The van der Waals surface area contributed by atoms with Crippen LogP contribution in [0.1, 0.15) is 61.7 Å². The number of aromatic nitrogens is 5. The van der Waals surface area contributed by atoms with Crippen LogP contribution >= 0.6 is 15.9 Å². The molecule has 0 radical (unpaired) electrons. The van der Waals surface area contributed by atoms with Gasteiger partial charge in [0.2, 0.25) is 11.7 Å². The highest BCUT2D eigenvalue weighted by molar-refractivity contribution is 9.10. The van der Waals surface area contributed by atoms with E-state index >= 15 is 0 Å². The zero-order chi connectivity index (χ0) is 19.6. The fraction of sp³-hybridized carbons (Fsp3) is 0.389. The Hall–Kier alpha value is -2.55. The minimum atomic E-state index is -0.438. The number of hydrogen-bond acceptors (Lipinski definition) is 6. The van der Waals surface area contributed by atoms with Crippen molar-refractivity contribution in [2.24, 2.45) is 5.92 Å². The molecule has 3 aromatic rings. The standard InChI is InChI=1S/C18H21BrN6O2/c1-9(2)13-12(19)15(24-23-13)17(26)21-14(10(3)4)18-22-16(25-27-18)11-5-7-20-8-6-11/h5-10,14H,1-4H3,(H,21,26)(H,23,24). The summed E-state index contributed by atoms with van der Waals surface area (Å²) in [4.78, 5) is 21.2. The summed E-state index contributed by atoms with van der Waals surface area (Å²) in [5.74, 6) is 0.749. The average Bonchev–Trinajstić information content (AvgIpc) is 3.27. The Bertz CT molecular complexity index is 919. The number of halogens is 1. The number of nitrogens with zero attached hydrogens (tertiary/aromatic N) is 4. The maximum Gasteiger partial charge on any atom is 0.273 e. The van der Waals surface area contributed by atoms with Crippen LogP contribution in [-0.4, -0.2) is 31.2 Å². The van der Waals surface area contributed by atoms with E-state index in [2.05, 4.69) is 46.6 Å². The largest absolute Gasteiger partial charge is 0.339 e. The van der Waals surface area contributed by atoms with Gasteiger partial charge in [-0.2, -0.15) is 10.1 Å². The van der Waals surface area contributed by atoms with Crippen molar-refractivity contribution >= 4 is 21.8 Å². The summed E-state index contributed by atoms with van der Waals surface area (Å²) in [6, 6.07) is 3.16. The van der Waals surface area contributed by atoms with E-state index < -0.39 is 6.04 Å². The molecule has 1 amide bonds. The molecule has 1 atom stereocenters. The molecule has 8 nitrogen and oxygen atoms in total. The lowest BCUT2D eigenvalue weighted by molar-refractivity contribution is 0.0908. The molecule has 0 aliphatic rings. The molecule has 0 bridgehead atoms. The monoisotopic (exact) mass is 432 g/mol. The Kier molecular flexibility index (Phi) is 5.69. The van der Waals surface area contributed by atoms with Gasteiger partial charge in [-0.25, -0.2) is 0 Å². The Labute approximate surface area is 165 Å². The van der Waals surface area contributed by atoms with Crippen LogP contribution in [0.2, 0.25) is 0 Å². The fourth-order valence-electron chi connectivity index (χ4n) is 2.58. The van der Waals surface area contributed by atoms with E-state index in [4.69, 9.17) is 4.52 Å². The molecule has 0 saturated carbocycles. The summed E-state index contributed by atoms with van der Waals surface area (Å²) in [6.45, 7) is 7.99. The number of hydrogen-bond donors (Lipinski definition) is 2. The van der Waals surface area contributed by atoms with Crippen LogP contribution in [-0.2, 0) is 0 Å². The first-order chi connectivity index (χ1) is 12.9. The van der Waals surface area contributed by atoms with Crippen molar-refractivity contribution in [1.29, 1.82) is 0 Å². The first-order valence-electron chi connectivity index (χ1n) is 8.67. The van der Waals surface area contributed by atoms with Crippen LogP contribution in [0.15, 0.2) is 33.5 Å². The third kappa shape index (κ3) is 4.08. The molecule has 142 valence electrons. The van der Waals surface area contributed by atoms with Gasteiger partial charge in [-0.1, -0.05) is 32.9 Å². The van der Waals surface area contributed by atoms with Gasteiger partial charge in [0.05, 0.1) is 10.2 Å². The van der Waals surface area contributed by atoms with Gasteiger partial charge in [-0.05, 0) is 39.9 Å². The van der Waals surface area contributed by atoms with E-state index in [-0.39, 0.29) is 17.7 Å². The second-order valence-electron chi connectivity index (χ2n) is 6.84. The van der Waals surface area contributed by atoms with Crippen LogP contribution in [0.25, 0.3) is 11.4 Å². The molecular formula is C18H21BrN6O2. The van der Waals surface area contributed by atoms with Crippen LogP contribution < -0.4 is 5.32 Å². The second-order valence-corrected chi connectivity index (χ2v) is 7.63. The Morgan fingerprint density at radius 1 is 1.22 bits per heavy atom. The van der Waals surface area contributed by atoms with Crippen molar-refractivity contribution in [3.63, 3.8) is 0 Å². The number of carbonyl (C=O) groups excluding carboxylic acids is 1. The molecular weight excluding hydrogens is 412 g/mol. The Morgan fingerprint density at radius 3 is 2.52 bits per heavy atom. The van der Waals surface area contributed by atoms with Crippen LogP contribution in [0.3, 0.4) is 0 Å². The highest BCUT2D eigenvalue weighted by Gasteiger charge is 2.28. The van der Waals surface area contributed by atoms with Crippen LogP contribution in [0.4, 0.5) is 0 Å². The molecule has 3 heterocycles. The SMILES string of the molecule is CC(C)c1[nH]nc(C(=O)NC(c2nc(-c3ccncc3)no2)C(C)C)c1Br. The maximum atomic E-state index is 12.7. The lowest BCUT2D eigenvalue weighted by Gasteiger charge is -2.18. The van der Waals surface area contributed by atoms with Gasteiger partial charge >= 0.3 is 0 Å². The van der Waals surface area contributed by atoms with Gasteiger partial charge < -0.3 is 9.84 Å². The number of carbonyl (C=O) groups is 1. The lowest BCUT2D eigenvalue weighted by Crippen LogP contribution is -2.32. The number of aromatic amines is 1. The van der Waals surface area contributed by atoms with Gasteiger partial charge in [-0.3, -0.25) is 14.9 Å². The van der Waals surface area contributed by atoms with E-state index in [0.717, 1.165) is 11.3 Å². The summed E-state index contributed by atoms with van der Waals surface area (Å²) in [6.07, 6.45) is 3.32. The van der Waals surface area contributed by atoms with Gasteiger partial charge in [0.1, 0.15) is 6.04 Å². The number of H-pyrrole nitrogens is 1. The number of pyridine rings is 1. The number of rotatable bonds is 6. The van der Waals surface area contributed by atoms with E-state index in [0.29, 0.717) is 21.9 Å². The lowest BCUT2D eigenvalue weighted by atomic mass is 10.0. The summed E-state index contributed by atoms with van der Waals surface area (Å²) < 4.78 is 6.08. The van der Waals surface area contributed by atoms with Crippen molar-refractivity contribution in [3.05, 3.63) is 46.3 Å². The summed E-state index contributed by atoms with van der Waals surface area (Å²) >= 11 is 3.46. The van der Waals surface area contributed by atoms with Gasteiger partial charge in [-0.15, -0.1) is 0 Å².